The molecule has 0 radical (unpaired) electrons. The molecule has 112 valence electrons. The van der Waals surface area contributed by atoms with Crippen LogP contribution in [-0.4, -0.2) is 32.8 Å². The Labute approximate surface area is 120 Å². The van der Waals surface area contributed by atoms with Crippen LogP contribution in [0.3, 0.4) is 0 Å². The zero-order chi connectivity index (χ0) is 15.0. The molecule has 0 heterocycles. The number of amides is 1. The number of benzene rings is 1. The maximum absolute atomic E-state index is 10.7. The third-order valence-corrected chi connectivity index (χ3v) is 2.93. The third kappa shape index (κ3) is 5.59. The Morgan fingerprint density at radius 2 is 1.90 bits per heavy atom. The molecule has 0 aliphatic rings. The molecule has 1 aromatic rings. The molecule has 0 aromatic heterocycles. The second-order valence-electron chi connectivity index (χ2n) is 4.79. The molecule has 0 aliphatic carbocycles. The number of nitrogens with one attached hydrogen (secondary N) is 1. The summed E-state index contributed by atoms with van der Waals surface area (Å²) in [5, 5.41) is 3.31. The van der Waals surface area contributed by atoms with Crippen LogP contribution in [0.1, 0.15) is 23.1 Å². The van der Waals surface area contributed by atoms with E-state index in [2.05, 4.69) is 17.4 Å². The van der Waals surface area contributed by atoms with E-state index >= 15 is 0 Å². The average molecular weight is 280 g/mol. The van der Waals surface area contributed by atoms with Gasteiger partial charge in [-0.3, -0.25) is 4.79 Å². The highest BCUT2D eigenvalue weighted by molar-refractivity contribution is 5.73. The van der Waals surface area contributed by atoms with E-state index < -0.39 is 0 Å². The monoisotopic (exact) mass is 280 g/mol. The second kappa shape index (κ2) is 8.55. The van der Waals surface area contributed by atoms with Crippen molar-refractivity contribution in [3.05, 3.63) is 28.8 Å². The first-order chi connectivity index (χ1) is 9.54. The van der Waals surface area contributed by atoms with Gasteiger partial charge in [-0.2, -0.15) is 0 Å². The van der Waals surface area contributed by atoms with E-state index in [0.29, 0.717) is 13.2 Å². The van der Waals surface area contributed by atoms with Crippen molar-refractivity contribution >= 4 is 5.91 Å². The number of carbonyl (C=O) groups is 1. The smallest absolute Gasteiger partial charge is 0.220 e. The highest BCUT2D eigenvalue weighted by Crippen LogP contribution is 2.25. The topological polar surface area (TPSA) is 73.6 Å². The summed E-state index contributed by atoms with van der Waals surface area (Å²) in [5.41, 5.74) is 8.44. The summed E-state index contributed by atoms with van der Waals surface area (Å²) in [6.07, 6.45) is 0.235. The van der Waals surface area contributed by atoms with Gasteiger partial charge < -0.3 is 20.5 Å². The van der Waals surface area contributed by atoms with Gasteiger partial charge >= 0.3 is 0 Å². The standard InChI is InChI=1S/C15H24N2O3/c1-11-8-13(10-17-5-7-19-3)9-12(2)15(11)20-6-4-14(16)18/h8-9,17H,4-7,10H2,1-3H3,(H2,16,18). The molecular formula is C15H24N2O3. The fraction of sp³-hybridized carbons (Fsp3) is 0.533. The third-order valence-electron chi connectivity index (χ3n) is 2.93. The summed E-state index contributed by atoms with van der Waals surface area (Å²) in [6, 6.07) is 4.18. The van der Waals surface area contributed by atoms with E-state index in [-0.39, 0.29) is 12.3 Å². The van der Waals surface area contributed by atoms with E-state index in [0.717, 1.165) is 30.0 Å². The van der Waals surface area contributed by atoms with E-state index in [4.69, 9.17) is 15.2 Å². The molecule has 3 N–H and O–H groups in total. The van der Waals surface area contributed by atoms with Gasteiger partial charge in [-0.25, -0.2) is 0 Å². The minimum absolute atomic E-state index is 0.235. The first-order valence-corrected chi connectivity index (χ1v) is 6.75. The van der Waals surface area contributed by atoms with Crippen LogP contribution >= 0.6 is 0 Å². The molecule has 1 rings (SSSR count). The number of hydrogen-bond donors (Lipinski definition) is 2. The number of rotatable bonds is 9. The van der Waals surface area contributed by atoms with Crippen molar-refractivity contribution in [2.45, 2.75) is 26.8 Å². The predicted octanol–water partition coefficient (Wildman–Crippen LogP) is 1.29. The second-order valence-corrected chi connectivity index (χ2v) is 4.79. The highest BCUT2D eigenvalue weighted by Gasteiger charge is 2.07. The Hall–Kier alpha value is -1.59. The van der Waals surface area contributed by atoms with Crippen LogP contribution in [0, 0.1) is 13.8 Å². The Balaban J connectivity index is 2.59. The highest BCUT2D eigenvalue weighted by atomic mass is 16.5. The average Bonchev–Trinajstić information content (AvgIpc) is 2.37. The summed E-state index contributed by atoms with van der Waals surface area (Å²) in [4.78, 5) is 10.7. The van der Waals surface area contributed by atoms with E-state index in [1.807, 2.05) is 13.8 Å². The molecule has 0 bridgehead atoms. The first-order valence-electron chi connectivity index (χ1n) is 6.75. The lowest BCUT2D eigenvalue weighted by atomic mass is 10.1. The number of carbonyl (C=O) groups excluding carboxylic acids is 1. The molecule has 0 fully saturated rings. The van der Waals surface area contributed by atoms with Gasteiger partial charge in [0.2, 0.25) is 5.91 Å². The van der Waals surface area contributed by atoms with Gasteiger partial charge in [0.05, 0.1) is 19.6 Å². The molecule has 1 amide bonds. The number of primary amides is 1. The van der Waals surface area contributed by atoms with Gasteiger partial charge in [0, 0.05) is 20.2 Å². The largest absolute Gasteiger partial charge is 0.493 e. The van der Waals surface area contributed by atoms with Gasteiger partial charge in [0.25, 0.3) is 0 Å². The Kier molecular flexibility index (Phi) is 7.04. The van der Waals surface area contributed by atoms with Crippen LogP contribution in [0.5, 0.6) is 5.75 Å². The van der Waals surface area contributed by atoms with Gasteiger partial charge in [-0.1, -0.05) is 12.1 Å². The normalized spacial score (nSPS) is 10.6. The van der Waals surface area contributed by atoms with Gasteiger partial charge in [-0.05, 0) is 30.5 Å². The van der Waals surface area contributed by atoms with Crippen LogP contribution in [0.4, 0.5) is 0 Å². The summed E-state index contributed by atoms with van der Waals surface area (Å²) in [7, 11) is 1.69. The fourth-order valence-corrected chi connectivity index (χ4v) is 2.03. The maximum atomic E-state index is 10.7. The van der Waals surface area contributed by atoms with Crippen molar-refractivity contribution in [3.8, 4) is 5.75 Å². The molecular weight excluding hydrogens is 256 g/mol. The zero-order valence-corrected chi connectivity index (χ0v) is 12.5. The molecule has 5 nitrogen and oxygen atoms in total. The number of hydrogen-bond acceptors (Lipinski definition) is 4. The van der Waals surface area contributed by atoms with Crippen LogP contribution in [0.25, 0.3) is 0 Å². The van der Waals surface area contributed by atoms with E-state index in [1.165, 1.54) is 5.56 Å². The van der Waals surface area contributed by atoms with Crippen LogP contribution < -0.4 is 15.8 Å². The molecule has 0 saturated carbocycles. The van der Waals surface area contributed by atoms with Crippen LogP contribution in [-0.2, 0) is 16.1 Å². The molecule has 5 heteroatoms. The summed E-state index contributed by atoms with van der Waals surface area (Å²) >= 11 is 0. The molecule has 0 spiro atoms. The first kappa shape index (κ1) is 16.5. The molecule has 0 saturated heterocycles. The summed E-state index contributed by atoms with van der Waals surface area (Å²) in [6.45, 7) is 6.66. The van der Waals surface area contributed by atoms with Gasteiger partial charge in [0.15, 0.2) is 0 Å². The lowest BCUT2D eigenvalue weighted by Crippen LogP contribution is -2.19. The van der Waals surface area contributed by atoms with Gasteiger partial charge in [-0.15, -0.1) is 0 Å². The Bertz CT molecular complexity index is 424. The lowest BCUT2D eigenvalue weighted by Gasteiger charge is -2.14. The molecule has 0 aliphatic heterocycles. The summed E-state index contributed by atoms with van der Waals surface area (Å²) < 4.78 is 10.6. The van der Waals surface area contributed by atoms with E-state index in [9.17, 15) is 4.79 Å². The molecule has 0 atom stereocenters. The van der Waals surface area contributed by atoms with Gasteiger partial charge in [0.1, 0.15) is 5.75 Å². The maximum Gasteiger partial charge on any atom is 0.220 e. The van der Waals surface area contributed by atoms with Crippen molar-refractivity contribution in [1.29, 1.82) is 0 Å². The molecule has 20 heavy (non-hydrogen) atoms. The summed E-state index contributed by atoms with van der Waals surface area (Å²) in [5.74, 6) is 0.492. The predicted molar refractivity (Wildman–Crippen MR) is 78.8 cm³/mol. The number of methoxy groups -OCH3 is 1. The minimum Gasteiger partial charge on any atom is -0.493 e. The SMILES string of the molecule is COCCNCc1cc(C)c(OCCC(N)=O)c(C)c1. The number of aryl methyl sites for hydroxylation is 2. The van der Waals surface area contributed by atoms with Crippen LogP contribution in [0.2, 0.25) is 0 Å². The zero-order valence-electron chi connectivity index (χ0n) is 12.5. The van der Waals surface area contributed by atoms with Crippen LogP contribution in [0.15, 0.2) is 12.1 Å². The molecule has 1 aromatic carbocycles. The van der Waals surface area contributed by atoms with Crippen molar-refractivity contribution in [2.75, 3.05) is 26.9 Å². The number of ether oxygens (including phenoxy) is 2. The number of nitrogens with two attached hydrogens (primary N) is 1. The van der Waals surface area contributed by atoms with E-state index in [1.54, 1.807) is 7.11 Å². The van der Waals surface area contributed by atoms with Crippen molar-refractivity contribution in [3.63, 3.8) is 0 Å². The Morgan fingerprint density at radius 3 is 2.45 bits per heavy atom. The fourth-order valence-electron chi connectivity index (χ4n) is 2.03. The Morgan fingerprint density at radius 1 is 1.25 bits per heavy atom. The lowest BCUT2D eigenvalue weighted by molar-refractivity contribution is -0.118. The van der Waals surface area contributed by atoms with Crippen molar-refractivity contribution < 1.29 is 14.3 Å². The van der Waals surface area contributed by atoms with Crippen molar-refractivity contribution in [2.24, 2.45) is 5.73 Å². The van der Waals surface area contributed by atoms with Crippen molar-refractivity contribution in [1.82, 2.24) is 5.32 Å². The minimum atomic E-state index is -0.348. The molecule has 0 unspecified atom stereocenters. The quantitative estimate of drug-likeness (QED) is 0.669.